The second-order valence-electron chi connectivity index (χ2n) is 5.94. The predicted molar refractivity (Wildman–Crippen MR) is 82.2 cm³/mol. The number of H-pyrrole nitrogens is 1. The minimum Gasteiger partial charge on any atom is -0.319 e. The van der Waals surface area contributed by atoms with Crippen molar-refractivity contribution in [1.82, 2.24) is 10.2 Å². The molecule has 0 unspecified atom stereocenters. The van der Waals surface area contributed by atoms with Crippen LogP contribution in [0.5, 0.6) is 0 Å². The third-order valence-corrected chi connectivity index (χ3v) is 4.14. The van der Waals surface area contributed by atoms with Crippen LogP contribution in [0.2, 0.25) is 0 Å². The first-order chi connectivity index (χ1) is 10.4. The van der Waals surface area contributed by atoms with E-state index >= 15 is 0 Å². The molecule has 1 amide bonds. The summed E-state index contributed by atoms with van der Waals surface area (Å²) >= 11 is 0. The van der Waals surface area contributed by atoms with Gasteiger partial charge in [-0.15, -0.1) is 0 Å². The maximum absolute atomic E-state index is 13.2. The van der Waals surface area contributed by atoms with Crippen molar-refractivity contribution in [3.05, 3.63) is 46.9 Å². The van der Waals surface area contributed by atoms with E-state index in [0.29, 0.717) is 5.82 Å². The van der Waals surface area contributed by atoms with Gasteiger partial charge in [-0.3, -0.25) is 14.8 Å². The normalized spacial score (nSPS) is 21.4. The lowest BCUT2D eigenvalue weighted by molar-refractivity contribution is -0.120. The highest BCUT2D eigenvalue weighted by atomic mass is 19.1. The van der Waals surface area contributed by atoms with Gasteiger partial charge in [0, 0.05) is 23.2 Å². The number of hydrogen-bond acceptors (Lipinski definition) is 3. The summed E-state index contributed by atoms with van der Waals surface area (Å²) in [5, 5.41) is 7.23. The number of halogens is 1. The molecule has 0 saturated carbocycles. The van der Waals surface area contributed by atoms with Crippen LogP contribution in [0.3, 0.4) is 0 Å². The third kappa shape index (κ3) is 2.11. The zero-order valence-corrected chi connectivity index (χ0v) is 12.8. The van der Waals surface area contributed by atoms with Gasteiger partial charge in [-0.1, -0.05) is 12.1 Å². The zero-order chi connectivity index (χ0) is 16.0. The zero-order valence-electron chi connectivity index (χ0n) is 12.8. The number of carbonyl (C=O) groups is 1. The summed E-state index contributed by atoms with van der Waals surface area (Å²) in [6.45, 7) is 5.76. The summed E-state index contributed by atoms with van der Waals surface area (Å²) in [7, 11) is 0. The molecule has 2 aromatic rings. The summed E-state index contributed by atoms with van der Waals surface area (Å²) in [4.78, 5) is 14.3. The molecule has 2 atom stereocenters. The molecule has 0 spiro atoms. The second kappa shape index (κ2) is 5.21. The van der Waals surface area contributed by atoms with Crippen LogP contribution in [-0.4, -0.2) is 28.2 Å². The number of nitrogens with two attached hydrogens (primary N) is 1. The molecule has 0 bridgehead atoms. The summed E-state index contributed by atoms with van der Waals surface area (Å²) in [6, 6.07) is 5.38. The molecule has 0 aliphatic carbocycles. The van der Waals surface area contributed by atoms with Crippen molar-refractivity contribution >= 4 is 11.7 Å². The number of amides is 1. The van der Waals surface area contributed by atoms with E-state index in [9.17, 15) is 9.18 Å². The van der Waals surface area contributed by atoms with E-state index in [1.807, 2.05) is 20.8 Å². The van der Waals surface area contributed by atoms with Crippen molar-refractivity contribution in [3.63, 3.8) is 0 Å². The third-order valence-electron chi connectivity index (χ3n) is 4.14. The fraction of sp³-hybridized carbons (Fsp3) is 0.375. The summed E-state index contributed by atoms with van der Waals surface area (Å²) < 4.78 is 13.2. The Balaban J connectivity index is 2.18. The second-order valence-corrected chi connectivity index (χ2v) is 5.94. The molecular formula is C16H19FN4O. The van der Waals surface area contributed by atoms with Crippen molar-refractivity contribution in [2.75, 3.05) is 4.90 Å². The number of carbonyl (C=O) groups excluding carboxylic acids is 1. The van der Waals surface area contributed by atoms with Gasteiger partial charge in [-0.2, -0.15) is 5.10 Å². The lowest BCUT2D eigenvalue weighted by Gasteiger charge is -2.37. The van der Waals surface area contributed by atoms with Gasteiger partial charge >= 0.3 is 0 Å². The number of anilines is 1. The lowest BCUT2D eigenvalue weighted by Crippen LogP contribution is -2.53. The molecule has 22 heavy (non-hydrogen) atoms. The van der Waals surface area contributed by atoms with E-state index in [1.165, 1.54) is 12.1 Å². The van der Waals surface area contributed by atoms with Gasteiger partial charge in [0.15, 0.2) is 5.82 Å². The molecule has 2 heterocycles. The first-order valence-electron chi connectivity index (χ1n) is 7.30. The number of fused-ring (bicyclic) bond motifs is 1. The quantitative estimate of drug-likeness (QED) is 0.891. The maximum atomic E-state index is 13.2. The predicted octanol–water partition coefficient (Wildman–Crippen LogP) is 2.07. The average molecular weight is 302 g/mol. The Kier molecular flexibility index (Phi) is 3.48. The highest BCUT2D eigenvalue weighted by Crippen LogP contribution is 2.40. The number of nitrogens with one attached hydrogen (secondary N) is 1. The van der Waals surface area contributed by atoms with E-state index in [-0.39, 0.29) is 23.7 Å². The Hall–Kier alpha value is -2.21. The average Bonchev–Trinajstić information content (AvgIpc) is 2.83. The summed E-state index contributed by atoms with van der Waals surface area (Å²) in [5.41, 5.74) is 8.84. The highest BCUT2D eigenvalue weighted by Gasteiger charge is 2.42. The molecule has 1 aliphatic rings. The Bertz CT molecular complexity index is 707. The molecule has 116 valence electrons. The molecule has 0 fully saturated rings. The van der Waals surface area contributed by atoms with Gasteiger partial charge in [0.2, 0.25) is 5.91 Å². The fourth-order valence-electron chi connectivity index (χ4n) is 3.11. The van der Waals surface area contributed by atoms with Crippen LogP contribution in [0.15, 0.2) is 24.3 Å². The van der Waals surface area contributed by atoms with Crippen LogP contribution in [0.1, 0.15) is 36.6 Å². The maximum Gasteiger partial charge on any atom is 0.246 e. The molecular weight excluding hydrogens is 283 g/mol. The Morgan fingerprint density at radius 2 is 1.95 bits per heavy atom. The highest BCUT2D eigenvalue weighted by molar-refractivity contribution is 6.01. The van der Waals surface area contributed by atoms with E-state index in [4.69, 9.17) is 5.73 Å². The van der Waals surface area contributed by atoms with E-state index in [1.54, 1.807) is 17.0 Å². The molecule has 5 nitrogen and oxygen atoms in total. The Morgan fingerprint density at radius 3 is 2.55 bits per heavy atom. The molecule has 3 rings (SSSR count). The first kappa shape index (κ1) is 14.7. The Morgan fingerprint density at radius 1 is 1.32 bits per heavy atom. The van der Waals surface area contributed by atoms with Crippen LogP contribution in [0.4, 0.5) is 10.2 Å². The van der Waals surface area contributed by atoms with Crippen molar-refractivity contribution in [3.8, 4) is 0 Å². The van der Waals surface area contributed by atoms with E-state index < -0.39 is 6.04 Å². The fourth-order valence-corrected chi connectivity index (χ4v) is 3.11. The van der Waals surface area contributed by atoms with Crippen LogP contribution < -0.4 is 10.6 Å². The van der Waals surface area contributed by atoms with Gasteiger partial charge in [0.1, 0.15) is 5.82 Å². The number of aromatic amines is 1. The number of aryl methyl sites for hydroxylation is 1. The minimum absolute atomic E-state index is 0.0332. The Labute approximate surface area is 128 Å². The number of aromatic nitrogens is 2. The standard InChI is InChI=1S/C16H19FN4O/c1-8(2)21-15-12(9(3)19-20-15)13(14(18)16(21)22)10-4-6-11(17)7-5-10/h4-8,13-14H,18H2,1-3H3,(H,19,20)/t13-,14-/m0/s1. The van der Waals surface area contributed by atoms with Crippen LogP contribution in [-0.2, 0) is 4.79 Å². The molecule has 3 N–H and O–H groups in total. The molecule has 0 saturated heterocycles. The molecule has 1 aromatic heterocycles. The van der Waals surface area contributed by atoms with Gasteiger partial charge in [-0.25, -0.2) is 4.39 Å². The van der Waals surface area contributed by atoms with E-state index in [2.05, 4.69) is 10.2 Å². The first-order valence-corrected chi connectivity index (χ1v) is 7.30. The smallest absolute Gasteiger partial charge is 0.246 e. The summed E-state index contributed by atoms with van der Waals surface area (Å²) in [6.07, 6.45) is 0. The largest absolute Gasteiger partial charge is 0.319 e. The number of rotatable bonds is 2. The monoisotopic (exact) mass is 302 g/mol. The van der Waals surface area contributed by atoms with E-state index in [0.717, 1.165) is 16.8 Å². The molecule has 1 aliphatic heterocycles. The van der Waals surface area contributed by atoms with Crippen LogP contribution >= 0.6 is 0 Å². The van der Waals surface area contributed by atoms with Crippen molar-refractivity contribution < 1.29 is 9.18 Å². The van der Waals surface area contributed by atoms with Crippen molar-refractivity contribution in [1.29, 1.82) is 0 Å². The number of nitrogens with zero attached hydrogens (tertiary/aromatic N) is 2. The minimum atomic E-state index is -0.711. The summed E-state index contributed by atoms with van der Waals surface area (Å²) in [5.74, 6) is -0.180. The molecule has 6 heteroatoms. The van der Waals surface area contributed by atoms with Gasteiger partial charge in [0.25, 0.3) is 0 Å². The molecule has 0 radical (unpaired) electrons. The van der Waals surface area contributed by atoms with Gasteiger partial charge in [0.05, 0.1) is 6.04 Å². The molecule has 1 aromatic carbocycles. The SMILES string of the molecule is Cc1[nH]nc2c1[C@H](c1ccc(F)cc1)[C@H](N)C(=O)N2C(C)C. The van der Waals surface area contributed by atoms with Crippen molar-refractivity contribution in [2.45, 2.75) is 38.8 Å². The van der Waals surface area contributed by atoms with Crippen LogP contribution in [0, 0.1) is 12.7 Å². The van der Waals surface area contributed by atoms with Crippen LogP contribution in [0.25, 0.3) is 0 Å². The van der Waals surface area contributed by atoms with Gasteiger partial charge in [-0.05, 0) is 38.5 Å². The lowest BCUT2D eigenvalue weighted by atomic mass is 9.81. The topological polar surface area (TPSA) is 75.0 Å². The number of benzene rings is 1. The van der Waals surface area contributed by atoms with Crippen molar-refractivity contribution in [2.24, 2.45) is 5.73 Å². The van der Waals surface area contributed by atoms with Gasteiger partial charge < -0.3 is 5.73 Å². The number of hydrogen-bond donors (Lipinski definition) is 2.